The van der Waals surface area contributed by atoms with Gasteiger partial charge in [0.1, 0.15) is 0 Å². The fraction of sp³-hybridized carbons (Fsp3) is 0.263. The number of methoxy groups -OCH3 is 1. The van der Waals surface area contributed by atoms with Crippen LogP contribution < -0.4 is 25.3 Å². The highest BCUT2D eigenvalue weighted by Crippen LogP contribution is 2.36. The number of amides is 2. The fourth-order valence-electron chi connectivity index (χ4n) is 2.25. The Morgan fingerprint density at radius 1 is 1.18 bits per heavy atom. The van der Waals surface area contributed by atoms with Crippen molar-refractivity contribution >= 4 is 23.4 Å². The monoisotopic (exact) mass is 410 g/mol. The smallest absolute Gasteiger partial charge is 0.255 e. The highest BCUT2D eigenvalue weighted by atomic mass is 35.5. The van der Waals surface area contributed by atoms with Crippen molar-refractivity contribution in [2.75, 3.05) is 26.9 Å². The van der Waals surface area contributed by atoms with E-state index in [1.807, 2.05) is 0 Å². The summed E-state index contributed by atoms with van der Waals surface area (Å²) in [7, 11) is 1.38. The van der Waals surface area contributed by atoms with Gasteiger partial charge >= 0.3 is 0 Å². The Hall–Kier alpha value is -3.00. The van der Waals surface area contributed by atoms with Crippen LogP contribution in [0.25, 0.3) is 0 Å². The van der Waals surface area contributed by atoms with Crippen LogP contribution in [-0.4, -0.2) is 38.7 Å². The molecule has 0 heterocycles. The van der Waals surface area contributed by atoms with Crippen LogP contribution in [0.15, 0.2) is 36.4 Å². The zero-order valence-corrected chi connectivity index (χ0v) is 15.9. The van der Waals surface area contributed by atoms with Crippen LogP contribution in [0.5, 0.6) is 17.2 Å². The molecule has 7 nitrogen and oxygen atoms in total. The van der Waals surface area contributed by atoms with E-state index < -0.39 is 11.7 Å². The minimum absolute atomic E-state index is 0.105. The molecular formula is C19H20ClFN2O5. The molecule has 0 saturated heterocycles. The van der Waals surface area contributed by atoms with Gasteiger partial charge in [0, 0.05) is 12.1 Å². The number of carbonyl (C=O) groups is 2. The lowest BCUT2D eigenvalue weighted by atomic mass is 10.2. The third-order valence-electron chi connectivity index (χ3n) is 3.55. The minimum atomic E-state index is -0.669. The standard InChI is InChI=1S/C19H20ClFN2O5/c1-26-16-10-12(9-13(20)18(16)28-11-17(22)24)19(25)23-7-4-8-27-15-6-3-2-5-14(15)21/h2-3,5-6,9-10H,4,7-8,11H2,1H3,(H2,22,24)(H,23,25). The Morgan fingerprint density at radius 3 is 2.61 bits per heavy atom. The van der Waals surface area contributed by atoms with Crippen molar-refractivity contribution in [1.29, 1.82) is 0 Å². The maximum absolute atomic E-state index is 13.4. The number of ether oxygens (including phenoxy) is 3. The van der Waals surface area contributed by atoms with Crippen LogP contribution in [0.1, 0.15) is 16.8 Å². The topological polar surface area (TPSA) is 99.9 Å². The maximum atomic E-state index is 13.4. The number of nitrogens with two attached hydrogens (primary N) is 1. The van der Waals surface area contributed by atoms with E-state index >= 15 is 0 Å². The van der Waals surface area contributed by atoms with E-state index in [2.05, 4.69) is 5.32 Å². The first kappa shape index (κ1) is 21.3. The van der Waals surface area contributed by atoms with Crippen LogP contribution in [0, 0.1) is 5.82 Å². The quantitative estimate of drug-likeness (QED) is 0.586. The Balaban J connectivity index is 1.88. The number of benzene rings is 2. The molecule has 0 saturated carbocycles. The van der Waals surface area contributed by atoms with E-state index in [1.54, 1.807) is 12.1 Å². The number of primary amides is 1. The molecule has 0 bridgehead atoms. The van der Waals surface area contributed by atoms with Crippen molar-refractivity contribution in [2.24, 2.45) is 5.73 Å². The molecular weight excluding hydrogens is 391 g/mol. The van der Waals surface area contributed by atoms with E-state index in [9.17, 15) is 14.0 Å². The summed E-state index contributed by atoms with van der Waals surface area (Å²) >= 11 is 6.11. The molecule has 0 spiro atoms. The Bertz CT molecular complexity index is 847. The molecule has 3 N–H and O–H groups in total. The second-order valence-corrected chi connectivity index (χ2v) is 6.04. The van der Waals surface area contributed by atoms with Gasteiger partial charge < -0.3 is 25.3 Å². The average Bonchev–Trinajstić information content (AvgIpc) is 2.67. The Morgan fingerprint density at radius 2 is 1.93 bits per heavy atom. The van der Waals surface area contributed by atoms with Crippen LogP contribution in [0.2, 0.25) is 5.02 Å². The van der Waals surface area contributed by atoms with Crippen molar-refractivity contribution in [3.63, 3.8) is 0 Å². The number of carbonyl (C=O) groups excluding carboxylic acids is 2. The van der Waals surface area contributed by atoms with E-state index in [1.165, 1.54) is 31.4 Å². The first-order chi connectivity index (χ1) is 13.4. The Kier molecular flexibility index (Phi) is 7.88. The van der Waals surface area contributed by atoms with Crippen molar-refractivity contribution in [2.45, 2.75) is 6.42 Å². The number of hydrogen-bond donors (Lipinski definition) is 2. The van der Waals surface area contributed by atoms with Gasteiger partial charge in [0.05, 0.1) is 18.7 Å². The molecule has 0 aliphatic rings. The molecule has 0 aliphatic carbocycles. The van der Waals surface area contributed by atoms with Crippen molar-refractivity contribution in [1.82, 2.24) is 5.32 Å². The third-order valence-corrected chi connectivity index (χ3v) is 3.83. The van der Waals surface area contributed by atoms with Gasteiger partial charge in [-0.2, -0.15) is 0 Å². The summed E-state index contributed by atoms with van der Waals surface area (Å²) in [5.41, 5.74) is 5.29. The van der Waals surface area contributed by atoms with Crippen LogP contribution in [0.3, 0.4) is 0 Å². The fourth-order valence-corrected chi connectivity index (χ4v) is 2.52. The maximum Gasteiger partial charge on any atom is 0.255 e. The third kappa shape index (κ3) is 6.02. The predicted octanol–water partition coefficient (Wildman–Crippen LogP) is 2.55. The van der Waals surface area contributed by atoms with Gasteiger partial charge in [-0.15, -0.1) is 0 Å². The van der Waals surface area contributed by atoms with E-state index in [0.29, 0.717) is 13.0 Å². The highest BCUT2D eigenvalue weighted by Gasteiger charge is 2.16. The molecule has 0 atom stereocenters. The summed E-state index contributed by atoms with van der Waals surface area (Å²) in [6, 6.07) is 8.92. The molecule has 150 valence electrons. The molecule has 0 unspecified atom stereocenters. The van der Waals surface area contributed by atoms with E-state index in [0.717, 1.165) is 0 Å². The summed E-state index contributed by atoms with van der Waals surface area (Å²) in [4.78, 5) is 23.1. The van der Waals surface area contributed by atoms with Gasteiger partial charge in [0.15, 0.2) is 29.7 Å². The van der Waals surface area contributed by atoms with Crippen molar-refractivity contribution in [3.05, 3.63) is 52.8 Å². The molecule has 2 aromatic carbocycles. The summed E-state index contributed by atoms with van der Waals surface area (Å²) < 4.78 is 29.1. The molecule has 28 heavy (non-hydrogen) atoms. The average molecular weight is 411 g/mol. The van der Waals surface area contributed by atoms with Crippen LogP contribution in [0.4, 0.5) is 4.39 Å². The molecule has 9 heteroatoms. The second-order valence-electron chi connectivity index (χ2n) is 5.63. The molecule has 2 aromatic rings. The molecule has 0 radical (unpaired) electrons. The van der Waals surface area contributed by atoms with E-state index in [4.69, 9.17) is 31.5 Å². The van der Waals surface area contributed by atoms with E-state index in [-0.39, 0.29) is 47.0 Å². The zero-order valence-electron chi connectivity index (χ0n) is 15.2. The van der Waals surface area contributed by atoms with Gasteiger partial charge in [-0.25, -0.2) is 4.39 Å². The number of halogens is 2. The largest absolute Gasteiger partial charge is 0.493 e. The first-order valence-electron chi connectivity index (χ1n) is 8.36. The van der Waals surface area contributed by atoms with Crippen molar-refractivity contribution in [3.8, 4) is 17.2 Å². The molecule has 2 amide bonds. The first-order valence-corrected chi connectivity index (χ1v) is 8.74. The highest BCUT2D eigenvalue weighted by molar-refractivity contribution is 6.32. The number of hydrogen-bond acceptors (Lipinski definition) is 5. The normalized spacial score (nSPS) is 10.2. The SMILES string of the molecule is COc1cc(C(=O)NCCCOc2ccccc2F)cc(Cl)c1OCC(N)=O. The molecule has 0 aromatic heterocycles. The molecule has 0 fully saturated rings. The summed E-state index contributed by atoms with van der Waals surface area (Å²) in [5.74, 6) is -1.01. The van der Waals surface area contributed by atoms with Crippen LogP contribution in [-0.2, 0) is 4.79 Å². The van der Waals surface area contributed by atoms with Gasteiger partial charge in [0.25, 0.3) is 11.8 Å². The predicted molar refractivity (Wildman–Crippen MR) is 102 cm³/mol. The minimum Gasteiger partial charge on any atom is -0.493 e. The van der Waals surface area contributed by atoms with Gasteiger partial charge in [0.2, 0.25) is 0 Å². The molecule has 0 aliphatic heterocycles. The van der Waals surface area contributed by atoms with Crippen molar-refractivity contribution < 1.29 is 28.2 Å². The number of rotatable bonds is 10. The van der Waals surface area contributed by atoms with Gasteiger partial charge in [-0.05, 0) is 30.7 Å². The lowest BCUT2D eigenvalue weighted by Crippen LogP contribution is -2.25. The lowest BCUT2D eigenvalue weighted by Gasteiger charge is -2.13. The van der Waals surface area contributed by atoms with Crippen LogP contribution >= 0.6 is 11.6 Å². The number of para-hydroxylation sites is 1. The Labute approximate surface area is 166 Å². The van der Waals surface area contributed by atoms with Gasteiger partial charge in [-0.3, -0.25) is 9.59 Å². The van der Waals surface area contributed by atoms with Gasteiger partial charge in [-0.1, -0.05) is 23.7 Å². The molecule has 2 rings (SSSR count). The number of nitrogens with one attached hydrogen (secondary N) is 1. The summed E-state index contributed by atoms with van der Waals surface area (Å²) in [5, 5.41) is 2.81. The summed E-state index contributed by atoms with van der Waals surface area (Å²) in [6.07, 6.45) is 0.477. The zero-order chi connectivity index (χ0) is 20.5. The lowest BCUT2D eigenvalue weighted by molar-refractivity contribution is -0.119. The second kappa shape index (κ2) is 10.4. The summed E-state index contributed by atoms with van der Waals surface area (Å²) in [6.45, 7) is 0.183.